The van der Waals surface area contributed by atoms with Crippen LogP contribution < -0.4 is 0 Å². The van der Waals surface area contributed by atoms with E-state index in [2.05, 4.69) is 0 Å². The first-order chi connectivity index (χ1) is 15.2. The van der Waals surface area contributed by atoms with Crippen molar-refractivity contribution >= 4 is 104 Å². The molecule has 180 valence electrons. The molecule has 1 N–H and O–H groups in total. The molecular weight excluding hydrogens is 781 g/mol. The number of imide groups is 1. The van der Waals surface area contributed by atoms with Crippen LogP contribution in [0.15, 0.2) is 24.3 Å². The quantitative estimate of drug-likeness (QED) is 0.105. The van der Waals surface area contributed by atoms with E-state index in [-0.39, 0.29) is 11.1 Å². The third-order valence-corrected chi connectivity index (χ3v) is 8.65. The van der Waals surface area contributed by atoms with Gasteiger partial charge in [0.2, 0.25) is 15.9 Å². The number of ether oxygens (including phenoxy) is 2. The molecule has 0 bridgehead atoms. The molecule has 0 radical (unpaired) electrons. The van der Waals surface area contributed by atoms with Crippen molar-refractivity contribution in [2.45, 2.75) is 41.6 Å². The van der Waals surface area contributed by atoms with E-state index in [1.165, 1.54) is 24.3 Å². The van der Waals surface area contributed by atoms with E-state index in [1.54, 1.807) is 68.0 Å². The van der Waals surface area contributed by atoms with Crippen LogP contribution in [0.2, 0.25) is 0 Å². The Balaban J connectivity index is 3.65. The number of carboxylic acid groups (broad SMARTS) is 1. The van der Waals surface area contributed by atoms with Crippen LogP contribution >= 0.6 is 68.0 Å². The van der Waals surface area contributed by atoms with Crippen LogP contribution in [0.5, 0.6) is 0 Å². The Labute approximate surface area is 230 Å². The number of nitrogens with zero attached hydrogens (tertiary/aromatic N) is 2. The number of amides is 3. The van der Waals surface area contributed by atoms with Crippen LogP contribution in [0.1, 0.15) is 48.4 Å². The molecule has 0 aliphatic rings. The Morgan fingerprint density at radius 2 is 1.33 bits per heavy atom. The molecule has 3 atom stereocenters. The largest absolute Gasteiger partial charge is 0.478 e. The molecule has 3 unspecified atom stereocenters. The molecule has 1 aromatic rings. The number of hydrogen-bond acceptors (Lipinski definition) is 8. The maximum atomic E-state index is 13.1. The van der Waals surface area contributed by atoms with Gasteiger partial charge in [0.25, 0.3) is 11.6 Å². The summed E-state index contributed by atoms with van der Waals surface area (Å²) >= 11 is 4.92. The number of esters is 2. The Morgan fingerprint density at radius 1 is 0.879 bits per heavy atom. The van der Waals surface area contributed by atoms with Gasteiger partial charge in [-0.25, -0.2) is 9.69 Å². The SMILES string of the molecule is CC(=O)OC(I)C(OC(C)=O)(C(I)N(I)C(=O)c1ccc(C(=O)O)cc1)N(C(C)=O)C(C)=O. The summed E-state index contributed by atoms with van der Waals surface area (Å²) in [6.07, 6.45) is 0. The summed E-state index contributed by atoms with van der Waals surface area (Å²) < 4.78 is 9.10. The highest BCUT2D eigenvalue weighted by atomic mass is 127. The maximum Gasteiger partial charge on any atom is 0.335 e. The van der Waals surface area contributed by atoms with Gasteiger partial charge in [0, 0.05) is 33.3 Å². The first kappa shape index (κ1) is 29.5. The molecular formula is C19H19I3N2O9. The molecule has 1 aromatic carbocycles. The number of alkyl halides is 2. The standard InChI is InChI=1S/C19H19I3N2O9/c1-9(25)23(10(2)26)19(33-12(4)28,18(21)32-11(3)27)17(20)24(22)15(29)13-5-7-14(8-6-13)16(30)31/h5-8,17-18H,1-4H3,(H,30,31). The molecule has 0 aliphatic carbocycles. The molecule has 33 heavy (non-hydrogen) atoms. The lowest BCUT2D eigenvalue weighted by atomic mass is 10.1. The number of benzene rings is 1. The highest BCUT2D eigenvalue weighted by Gasteiger charge is 2.59. The second-order valence-corrected chi connectivity index (χ2v) is 9.83. The van der Waals surface area contributed by atoms with Gasteiger partial charge in [-0.3, -0.25) is 27.1 Å². The highest BCUT2D eigenvalue weighted by Crippen LogP contribution is 2.40. The van der Waals surface area contributed by atoms with E-state index in [4.69, 9.17) is 14.6 Å². The van der Waals surface area contributed by atoms with E-state index in [0.717, 1.165) is 30.8 Å². The number of hydrogen-bond donors (Lipinski definition) is 1. The van der Waals surface area contributed by atoms with Crippen molar-refractivity contribution in [3.8, 4) is 0 Å². The number of carbonyl (C=O) groups excluding carboxylic acids is 5. The second kappa shape index (κ2) is 12.2. The van der Waals surface area contributed by atoms with Crippen LogP contribution in [0, 0.1) is 0 Å². The number of halogens is 3. The van der Waals surface area contributed by atoms with Gasteiger partial charge in [-0.05, 0) is 46.9 Å². The molecule has 11 nitrogen and oxygen atoms in total. The Hall–Kier alpha value is -1.57. The van der Waals surface area contributed by atoms with Crippen molar-refractivity contribution in [1.82, 2.24) is 8.01 Å². The summed E-state index contributed by atoms with van der Waals surface area (Å²) in [6.45, 7) is 4.25. The fourth-order valence-electron chi connectivity index (χ4n) is 2.78. The lowest BCUT2D eigenvalue weighted by Crippen LogP contribution is -2.69. The summed E-state index contributed by atoms with van der Waals surface area (Å²) in [5.74, 6) is -5.14. The number of carbonyl (C=O) groups is 6. The zero-order chi connectivity index (χ0) is 25.7. The van der Waals surface area contributed by atoms with Crippen LogP contribution in [-0.4, -0.2) is 62.6 Å². The van der Waals surface area contributed by atoms with Crippen molar-refractivity contribution in [2.24, 2.45) is 0 Å². The van der Waals surface area contributed by atoms with Crippen molar-refractivity contribution in [3.63, 3.8) is 0 Å². The molecule has 0 saturated carbocycles. The van der Waals surface area contributed by atoms with Gasteiger partial charge < -0.3 is 14.6 Å². The molecule has 0 saturated heterocycles. The lowest BCUT2D eigenvalue weighted by Gasteiger charge is -2.47. The molecule has 0 heterocycles. The van der Waals surface area contributed by atoms with E-state index in [9.17, 15) is 28.8 Å². The average Bonchev–Trinajstić information content (AvgIpc) is 2.70. The summed E-state index contributed by atoms with van der Waals surface area (Å²) in [6, 6.07) is 5.04. The van der Waals surface area contributed by atoms with Crippen LogP contribution in [-0.2, 0) is 28.7 Å². The molecule has 1 rings (SSSR count). The zero-order valence-electron chi connectivity index (χ0n) is 17.7. The van der Waals surface area contributed by atoms with Gasteiger partial charge in [-0.1, -0.05) is 22.6 Å². The zero-order valence-corrected chi connectivity index (χ0v) is 24.2. The van der Waals surface area contributed by atoms with E-state index < -0.39 is 49.5 Å². The molecule has 0 spiro atoms. The minimum atomic E-state index is -2.23. The van der Waals surface area contributed by atoms with E-state index >= 15 is 0 Å². The van der Waals surface area contributed by atoms with Gasteiger partial charge >= 0.3 is 17.9 Å². The number of carboxylic acids is 1. The number of rotatable bonds is 8. The predicted octanol–water partition coefficient (Wildman–Crippen LogP) is 2.92. The van der Waals surface area contributed by atoms with Gasteiger partial charge in [-0.2, -0.15) is 0 Å². The summed E-state index contributed by atoms with van der Waals surface area (Å²) in [5, 5.41) is 9.04. The predicted molar refractivity (Wildman–Crippen MR) is 139 cm³/mol. The van der Waals surface area contributed by atoms with Crippen molar-refractivity contribution in [1.29, 1.82) is 0 Å². The van der Waals surface area contributed by atoms with Gasteiger partial charge in [0.15, 0.2) is 4.05 Å². The fraction of sp³-hybridized carbons (Fsp3) is 0.368. The molecule has 0 aliphatic heterocycles. The van der Waals surface area contributed by atoms with Gasteiger partial charge in [0.05, 0.1) is 28.4 Å². The minimum Gasteiger partial charge on any atom is -0.478 e. The third kappa shape index (κ3) is 6.96. The Kier molecular flexibility index (Phi) is 10.9. The van der Waals surface area contributed by atoms with Crippen LogP contribution in [0.3, 0.4) is 0 Å². The number of aromatic carboxylic acids is 1. The fourth-order valence-corrected chi connectivity index (χ4v) is 6.23. The Morgan fingerprint density at radius 3 is 1.70 bits per heavy atom. The van der Waals surface area contributed by atoms with Crippen LogP contribution in [0.25, 0.3) is 0 Å². The monoisotopic (exact) mass is 800 g/mol. The molecule has 0 aromatic heterocycles. The van der Waals surface area contributed by atoms with E-state index in [1.807, 2.05) is 0 Å². The maximum absolute atomic E-state index is 13.1. The van der Waals surface area contributed by atoms with Gasteiger partial charge in [-0.15, -0.1) is 0 Å². The van der Waals surface area contributed by atoms with E-state index in [0.29, 0.717) is 4.90 Å². The lowest BCUT2D eigenvalue weighted by molar-refractivity contribution is -0.209. The molecule has 0 fully saturated rings. The normalized spacial score (nSPS) is 14.2. The Bertz CT molecular complexity index is 956. The summed E-state index contributed by atoms with van der Waals surface area (Å²) in [5.41, 5.74) is -2.18. The summed E-state index contributed by atoms with van der Waals surface area (Å²) in [7, 11) is 0. The average molecular weight is 800 g/mol. The first-order valence-electron chi connectivity index (χ1n) is 8.95. The molecule has 3 amide bonds. The van der Waals surface area contributed by atoms with Crippen molar-refractivity contribution < 1.29 is 43.3 Å². The van der Waals surface area contributed by atoms with Crippen molar-refractivity contribution in [2.75, 3.05) is 0 Å². The molecule has 14 heteroatoms. The second-order valence-electron chi connectivity index (χ2n) is 6.48. The van der Waals surface area contributed by atoms with Gasteiger partial charge in [0.1, 0.15) is 0 Å². The highest BCUT2D eigenvalue weighted by molar-refractivity contribution is 14.1. The smallest absolute Gasteiger partial charge is 0.335 e. The van der Waals surface area contributed by atoms with Crippen molar-refractivity contribution in [3.05, 3.63) is 35.4 Å². The first-order valence-corrected chi connectivity index (χ1v) is 12.4. The summed E-state index contributed by atoms with van der Waals surface area (Å²) in [4.78, 5) is 73.6. The minimum absolute atomic E-state index is 0.0339. The van der Waals surface area contributed by atoms with Crippen LogP contribution in [0.4, 0.5) is 0 Å². The third-order valence-electron chi connectivity index (χ3n) is 3.99. The topological polar surface area (TPSA) is 148 Å².